The summed E-state index contributed by atoms with van der Waals surface area (Å²) in [5.74, 6) is -0.0908. The van der Waals surface area contributed by atoms with Gasteiger partial charge in [0, 0.05) is 25.4 Å². The van der Waals surface area contributed by atoms with Gasteiger partial charge >= 0.3 is 12.1 Å². The molecule has 0 saturated heterocycles. The van der Waals surface area contributed by atoms with Gasteiger partial charge in [-0.3, -0.25) is 0 Å². The molecular weight excluding hydrogens is 511 g/mol. The molecule has 0 spiro atoms. The first-order valence-electron chi connectivity index (χ1n) is 12.5. The smallest absolute Gasteiger partial charge is 0.475 e. The maximum atomic E-state index is 10.6. The maximum absolute atomic E-state index is 10.6. The second kappa shape index (κ2) is 19.8. The van der Waals surface area contributed by atoms with Gasteiger partial charge in [0.15, 0.2) is 0 Å². The molecule has 0 saturated carbocycles. The van der Waals surface area contributed by atoms with Gasteiger partial charge in [0.05, 0.1) is 0 Å². The van der Waals surface area contributed by atoms with Gasteiger partial charge < -0.3 is 10.0 Å². The Hall–Kier alpha value is -4.24. The van der Waals surface area contributed by atoms with E-state index in [9.17, 15) is 13.2 Å². The van der Waals surface area contributed by atoms with Crippen LogP contribution in [-0.2, 0) is 4.79 Å². The Morgan fingerprint density at radius 1 is 1.07 bits per heavy atom. The fraction of sp³-hybridized carbons (Fsp3) is 0.265. The van der Waals surface area contributed by atoms with Crippen molar-refractivity contribution >= 4 is 11.5 Å². The minimum Gasteiger partial charge on any atom is -0.475 e. The number of aliphatic carboxylic acids is 1. The highest BCUT2D eigenvalue weighted by molar-refractivity contribution is 5.83. The zero-order valence-corrected chi connectivity index (χ0v) is 24.5. The maximum Gasteiger partial charge on any atom is 0.490 e. The minimum absolute atomic E-state index is 0.776. The van der Waals surface area contributed by atoms with Crippen LogP contribution < -0.4 is 0 Å². The van der Waals surface area contributed by atoms with Gasteiger partial charge in [0.25, 0.3) is 0 Å². The van der Waals surface area contributed by atoms with Crippen LogP contribution in [0.1, 0.15) is 52.2 Å². The quantitative estimate of drug-likeness (QED) is 0.178. The molecular formula is C34H42F3NO2. The average molecular weight is 554 g/mol. The summed E-state index contributed by atoms with van der Waals surface area (Å²) in [6.45, 7) is 26.5. The van der Waals surface area contributed by atoms with E-state index in [-0.39, 0.29) is 0 Å². The number of likely N-dealkylation sites (N-methyl/N-ethyl adjacent to an activating group) is 1. The van der Waals surface area contributed by atoms with Crippen LogP contribution in [0, 0.1) is 12.3 Å². The normalized spacial score (nSPS) is 10.4. The molecule has 216 valence electrons. The lowest BCUT2D eigenvalue weighted by atomic mass is 9.93. The van der Waals surface area contributed by atoms with Gasteiger partial charge in [-0.05, 0) is 79.7 Å². The van der Waals surface area contributed by atoms with E-state index in [1.165, 1.54) is 11.1 Å². The summed E-state index contributed by atoms with van der Waals surface area (Å²) in [7, 11) is 2.05. The molecule has 40 heavy (non-hydrogen) atoms. The predicted octanol–water partition coefficient (Wildman–Crippen LogP) is 9.31. The van der Waals surface area contributed by atoms with Crippen LogP contribution in [0.3, 0.4) is 0 Å². The van der Waals surface area contributed by atoms with Crippen molar-refractivity contribution in [2.45, 2.75) is 47.2 Å². The Balaban J connectivity index is 0. The Bertz CT molecular complexity index is 1170. The van der Waals surface area contributed by atoms with Gasteiger partial charge in [-0.15, -0.1) is 13.0 Å². The van der Waals surface area contributed by atoms with E-state index in [0.717, 1.165) is 46.4 Å². The number of carboxylic acid groups (broad SMARTS) is 1. The predicted molar refractivity (Wildman–Crippen MR) is 165 cm³/mol. The Morgan fingerprint density at radius 3 is 1.88 bits per heavy atom. The lowest BCUT2D eigenvalue weighted by Crippen LogP contribution is -2.21. The van der Waals surface area contributed by atoms with Gasteiger partial charge in [0.1, 0.15) is 0 Å². The largest absolute Gasteiger partial charge is 0.490 e. The molecule has 3 nitrogen and oxygen atoms in total. The van der Waals surface area contributed by atoms with Crippen molar-refractivity contribution in [2.24, 2.45) is 0 Å². The Labute approximate surface area is 238 Å². The lowest BCUT2D eigenvalue weighted by Gasteiger charge is -2.16. The van der Waals surface area contributed by atoms with E-state index in [2.05, 4.69) is 95.4 Å². The van der Waals surface area contributed by atoms with E-state index in [4.69, 9.17) is 16.3 Å². The average Bonchev–Trinajstić information content (AvgIpc) is 2.88. The van der Waals surface area contributed by atoms with E-state index in [0.29, 0.717) is 0 Å². The van der Waals surface area contributed by atoms with Crippen molar-refractivity contribution in [3.8, 4) is 12.3 Å². The molecule has 1 rings (SSSR count). The number of hydrogen-bond acceptors (Lipinski definition) is 2. The fourth-order valence-electron chi connectivity index (χ4n) is 2.93. The van der Waals surface area contributed by atoms with Gasteiger partial charge in [-0.2, -0.15) is 13.2 Å². The van der Waals surface area contributed by atoms with Gasteiger partial charge in [0.2, 0.25) is 0 Å². The van der Waals surface area contributed by atoms with Crippen molar-refractivity contribution in [2.75, 3.05) is 13.6 Å². The summed E-state index contributed by atoms with van der Waals surface area (Å²) in [6.07, 6.45) is 13.7. The Morgan fingerprint density at radius 2 is 1.55 bits per heavy atom. The Kier molecular flexibility index (Phi) is 18.7. The number of halogens is 3. The van der Waals surface area contributed by atoms with Crippen LogP contribution in [0.25, 0.3) is 5.57 Å². The number of nitrogens with zero attached hydrogens (tertiary/aromatic N) is 1. The molecule has 0 heterocycles. The number of carboxylic acids is 1. The summed E-state index contributed by atoms with van der Waals surface area (Å²) in [5.41, 5.74) is 8.65. The third-order valence-electron chi connectivity index (χ3n) is 4.95. The van der Waals surface area contributed by atoms with Gasteiger partial charge in [-0.25, -0.2) is 4.79 Å². The first-order valence-corrected chi connectivity index (χ1v) is 12.5. The molecule has 0 aliphatic rings. The van der Waals surface area contributed by atoms with Crippen LogP contribution in [0.5, 0.6) is 0 Å². The van der Waals surface area contributed by atoms with Crippen molar-refractivity contribution in [3.63, 3.8) is 0 Å². The molecule has 0 bridgehead atoms. The van der Waals surface area contributed by atoms with Crippen molar-refractivity contribution in [1.29, 1.82) is 0 Å². The number of rotatable bonds is 10. The molecule has 0 unspecified atom stereocenters. The zero-order chi connectivity index (χ0) is 31.5. The molecule has 6 heteroatoms. The number of carbonyl (C=O) groups is 1. The lowest BCUT2D eigenvalue weighted by molar-refractivity contribution is -0.192. The molecule has 0 aliphatic heterocycles. The van der Waals surface area contributed by atoms with Crippen molar-refractivity contribution in [1.82, 2.24) is 4.90 Å². The summed E-state index contributed by atoms with van der Waals surface area (Å²) >= 11 is 0. The molecule has 0 amide bonds. The molecule has 1 aromatic rings. The number of hydrogen-bond donors (Lipinski definition) is 1. The summed E-state index contributed by atoms with van der Waals surface area (Å²) < 4.78 is 31.7. The summed E-state index contributed by atoms with van der Waals surface area (Å²) in [6, 6.07) is 8.05. The third-order valence-corrected chi connectivity index (χ3v) is 4.95. The number of allylic oxidation sites excluding steroid dienone is 10. The van der Waals surface area contributed by atoms with Gasteiger partial charge in [-0.1, -0.05) is 80.7 Å². The summed E-state index contributed by atoms with van der Waals surface area (Å²) in [4.78, 5) is 11.0. The molecule has 0 aliphatic carbocycles. The highest BCUT2D eigenvalue weighted by Crippen LogP contribution is 2.27. The van der Waals surface area contributed by atoms with Crippen LogP contribution in [0.2, 0.25) is 0 Å². The standard InChI is InChI=1S/C28H33N.C4H8.C2HF3O2/c1-10-13-27(25-17-15-24(11-2)16-18-25)26(21(3)4)14-12-19-29(9)20-28(22(5)6)23(7)8;1-3-4-2;3-2(4,5)1(6)7/h2,10,12-18,20H,1,5,7,19H2,3-4,6,8-9H3;3H,1,4H2,2H3;(H,6,7)/b14-12+,27-13-;;. The van der Waals surface area contributed by atoms with E-state index >= 15 is 0 Å². The van der Waals surface area contributed by atoms with Crippen LogP contribution in [-0.4, -0.2) is 35.7 Å². The highest BCUT2D eigenvalue weighted by Gasteiger charge is 2.38. The second-order valence-electron chi connectivity index (χ2n) is 8.90. The first kappa shape index (κ1) is 37.9. The number of benzene rings is 1. The molecule has 1 aromatic carbocycles. The van der Waals surface area contributed by atoms with Crippen LogP contribution in [0.4, 0.5) is 13.2 Å². The minimum atomic E-state index is -5.08. The topological polar surface area (TPSA) is 40.5 Å². The number of terminal acetylenes is 1. The molecule has 0 radical (unpaired) electrons. The SMILES string of the molecule is C#Cc1ccc(/C(=C/C=C)C(/C=C/CN(C)C=C(C(=C)C)C(=C)C)=C(C)C)cc1.C=CCC.O=C(O)C(F)(F)F. The summed E-state index contributed by atoms with van der Waals surface area (Å²) in [5, 5.41) is 7.12. The molecule has 0 aromatic heterocycles. The number of alkyl halides is 3. The van der Waals surface area contributed by atoms with E-state index in [1.807, 2.05) is 44.2 Å². The highest BCUT2D eigenvalue weighted by atomic mass is 19.4. The van der Waals surface area contributed by atoms with E-state index in [1.54, 1.807) is 0 Å². The second-order valence-corrected chi connectivity index (χ2v) is 8.90. The van der Waals surface area contributed by atoms with E-state index < -0.39 is 12.1 Å². The zero-order valence-electron chi connectivity index (χ0n) is 24.5. The van der Waals surface area contributed by atoms with Crippen LogP contribution in [0.15, 0.2) is 115 Å². The monoisotopic (exact) mass is 553 g/mol. The molecule has 1 N–H and O–H groups in total. The fourth-order valence-corrected chi connectivity index (χ4v) is 2.93. The van der Waals surface area contributed by atoms with Crippen LogP contribution >= 0.6 is 0 Å². The molecule has 0 atom stereocenters. The third kappa shape index (κ3) is 15.9. The van der Waals surface area contributed by atoms with Crippen molar-refractivity contribution < 1.29 is 23.1 Å². The first-order chi connectivity index (χ1) is 18.6. The molecule has 0 fully saturated rings. The van der Waals surface area contributed by atoms with Crippen molar-refractivity contribution in [3.05, 3.63) is 126 Å².